The van der Waals surface area contributed by atoms with Crippen LogP contribution in [-0.2, 0) is 13.0 Å². The van der Waals surface area contributed by atoms with Crippen LogP contribution in [0.15, 0.2) is 18.2 Å². The van der Waals surface area contributed by atoms with Crippen molar-refractivity contribution in [1.82, 2.24) is 14.5 Å². The molecule has 0 amide bonds. The molecule has 0 saturated heterocycles. The van der Waals surface area contributed by atoms with Gasteiger partial charge in [-0.25, -0.2) is 4.98 Å². The van der Waals surface area contributed by atoms with E-state index in [0.717, 1.165) is 48.5 Å². The fourth-order valence-corrected chi connectivity index (χ4v) is 2.73. The molecule has 21 heavy (non-hydrogen) atoms. The summed E-state index contributed by atoms with van der Waals surface area (Å²) in [6.45, 7) is 2.09. The molecule has 2 rings (SSSR count). The summed E-state index contributed by atoms with van der Waals surface area (Å²) in [5.41, 5.74) is 2.08. The van der Waals surface area contributed by atoms with Crippen LogP contribution < -0.4 is 4.74 Å². The van der Waals surface area contributed by atoms with Crippen molar-refractivity contribution >= 4 is 22.6 Å². The number of hydrogen-bond donors (Lipinski definition) is 0. The summed E-state index contributed by atoms with van der Waals surface area (Å²) in [6, 6.07) is 6.08. The van der Waals surface area contributed by atoms with E-state index in [0.29, 0.717) is 5.88 Å². The van der Waals surface area contributed by atoms with E-state index in [1.165, 1.54) is 6.42 Å². The number of methoxy groups -OCH3 is 1. The second-order valence-electron chi connectivity index (χ2n) is 5.46. The van der Waals surface area contributed by atoms with Crippen LogP contribution in [0, 0.1) is 0 Å². The fourth-order valence-electron chi connectivity index (χ4n) is 2.56. The summed E-state index contributed by atoms with van der Waals surface area (Å²) >= 11 is 5.92. The van der Waals surface area contributed by atoms with Gasteiger partial charge >= 0.3 is 0 Å². The molecule has 4 nitrogen and oxygen atoms in total. The van der Waals surface area contributed by atoms with E-state index in [2.05, 4.69) is 29.6 Å². The Morgan fingerprint density at radius 1 is 1.29 bits per heavy atom. The fraction of sp³-hybridized carbons (Fsp3) is 0.562. The number of alkyl halides is 1. The van der Waals surface area contributed by atoms with Crippen LogP contribution in [0.4, 0.5) is 0 Å². The van der Waals surface area contributed by atoms with Crippen LogP contribution in [0.2, 0.25) is 0 Å². The van der Waals surface area contributed by atoms with Crippen LogP contribution in [0.5, 0.6) is 5.75 Å². The molecule has 0 bridgehead atoms. The Hall–Kier alpha value is -1.26. The van der Waals surface area contributed by atoms with E-state index < -0.39 is 0 Å². The van der Waals surface area contributed by atoms with Crippen LogP contribution in [0.1, 0.15) is 18.7 Å². The molecule has 0 atom stereocenters. The number of halogens is 1. The Labute approximate surface area is 131 Å². The normalized spacial score (nSPS) is 11.5. The second-order valence-corrected chi connectivity index (χ2v) is 5.84. The first kappa shape index (κ1) is 16.1. The molecule has 0 radical (unpaired) electrons. The van der Waals surface area contributed by atoms with E-state index in [4.69, 9.17) is 21.3 Å². The van der Waals surface area contributed by atoms with Crippen molar-refractivity contribution < 1.29 is 4.74 Å². The molecular formula is C16H24ClN3O. The average molecular weight is 310 g/mol. The van der Waals surface area contributed by atoms with Crippen LogP contribution in [0.25, 0.3) is 11.0 Å². The van der Waals surface area contributed by atoms with Crippen molar-refractivity contribution in [1.29, 1.82) is 0 Å². The molecule has 0 N–H and O–H groups in total. The molecule has 5 heteroatoms. The highest BCUT2D eigenvalue weighted by Gasteiger charge is 2.13. The lowest BCUT2D eigenvalue weighted by atomic mass is 10.2. The zero-order valence-electron chi connectivity index (χ0n) is 13.1. The van der Waals surface area contributed by atoms with Crippen molar-refractivity contribution in [2.45, 2.75) is 25.8 Å². The van der Waals surface area contributed by atoms with Crippen LogP contribution in [-0.4, -0.2) is 48.1 Å². The zero-order chi connectivity index (χ0) is 15.2. The standard InChI is InChI=1S/C16H24ClN3O/c1-19(2)11-4-5-12-20-13-7-6-8-14(21-3)16(13)18-15(20)9-10-17/h6-8H,4-5,9-12H2,1-3H3. The Morgan fingerprint density at radius 3 is 2.76 bits per heavy atom. The van der Waals surface area contributed by atoms with Gasteiger partial charge in [0.25, 0.3) is 0 Å². The number of aromatic nitrogens is 2. The number of fused-ring (bicyclic) bond motifs is 1. The van der Waals surface area contributed by atoms with Gasteiger partial charge in [0.15, 0.2) is 0 Å². The van der Waals surface area contributed by atoms with Gasteiger partial charge in [0.1, 0.15) is 17.1 Å². The Balaban J connectivity index is 2.24. The largest absolute Gasteiger partial charge is 0.494 e. The highest BCUT2D eigenvalue weighted by atomic mass is 35.5. The van der Waals surface area contributed by atoms with Gasteiger partial charge in [0.2, 0.25) is 0 Å². The molecule has 0 aliphatic heterocycles. The first-order valence-electron chi connectivity index (χ1n) is 7.40. The highest BCUT2D eigenvalue weighted by molar-refractivity contribution is 6.17. The molecule has 0 fully saturated rings. The van der Waals surface area contributed by atoms with E-state index in [-0.39, 0.29) is 0 Å². The summed E-state index contributed by atoms with van der Waals surface area (Å²) in [6.07, 6.45) is 3.10. The maximum absolute atomic E-state index is 5.92. The summed E-state index contributed by atoms with van der Waals surface area (Å²) < 4.78 is 7.70. The number of hydrogen-bond acceptors (Lipinski definition) is 3. The van der Waals surface area contributed by atoms with Crippen molar-refractivity contribution in [2.24, 2.45) is 0 Å². The molecule has 0 spiro atoms. The lowest BCUT2D eigenvalue weighted by Gasteiger charge is -2.11. The van der Waals surface area contributed by atoms with Crippen LogP contribution >= 0.6 is 11.6 Å². The predicted octanol–water partition coefficient (Wildman–Crippen LogP) is 3.17. The number of imidazole rings is 1. The van der Waals surface area contributed by atoms with E-state index >= 15 is 0 Å². The number of aryl methyl sites for hydroxylation is 2. The molecule has 0 aliphatic carbocycles. The van der Waals surface area contributed by atoms with Gasteiger partial charge in [-0.05, 0) is 45.6 Å². The van der Waals surface area contributed by atoms with Crippen molar-refractivity contribution in [3.63, 3.8) is 0 Å². The highest BCUT2D eigenvalue weighted by Crippen LogP contribution is 2.26. The maximum Gasteiger partial charge on any atom is 0.146 e. The molecular weight excluding hydrogens is 286 g/mol. The minimum atomic E-state index is 0.587. The molecule has 0 aliphatic rings. The number of unbranched alkanes of at least 4 members (excludes halogenated alkanes) is 1. The Bertz CT molecular complexity index is 580. The monoisotopic (exact) mass is 309 g/mol. The van der Waals surface area contributed by atoms with Gasteiger partial charge < -0.3 is 14.2 Å². The van der Waals surface area contributed by atoms with Crippen molar-refractivity contribution in [2.75, 3.05) is 33.6 Å². The van der Waals surface area contributed by atoms with E-state index in [9.17, 15) is 0 Å². The first-order chi connectivity index (χ1) is 10.2. The minimum absolute atomic E-state index is 0.587. The molecule has 0 saturated carbocycles. The minimum Gasteiger partial charge on any atom is -0.494 e. The predicted molar refractivity (Wildman–Crippen MR) is 88.5 cm³/mol. The molecule has 0 unspecified atom stereocenters. The summed E-state index contributed by atoms with van der Waals surface area (Å²) in [4.78, 5) is 6.95. The average Bonchev–Trinajstić information content (AvgIpc) is 2.81. The maximum atomic E-state index is 5.92. The smallest absolute Gasteiger partial charge is 0.146 e. The Kier molecular flexibility index (Phi) is 5.88. The summed E-state index contributed by atoms with van der Waals surface area (Å²) in [5.74, 6) is 2.47. The van der Waals surface area contributed by atoms with Gasteiger partial charge in [-0.2, -0.15) is 0 Å². The van der Waals surface area contributed by atoms with Gasteiger partial charge in [-0.3, -0.25) is 0 Å². The van der Waals surface area contributed by atoms with Crippen molar-refractivity contribution in [3.05, 3.63) is 24.0 Å². The lowest BCUT2D eigenvalue weighted by Crippen LogP contribution is -2.14. The quantitative estimate of drug-likeness (QED) is 0.554. The third-order valence-electron chi connectivity index (χ3n) is 3.60. The summed E-state index contributed by atoms with van der Waals surface area (Å²) in [5, 5.41) is 0. The molecule has 1 aromatic carbocycles. The van der Waals surface area contributed by atoms with E-state index in [1.54, 1.807) is 7.11 Å². The lowest BCUT2D eigenvalue weighted by molar-refractivity contribution is 0.387. The van der Waals surface area contributed by atoms with Gasteiger partial charge in [-0.15, -0.1) is 11.6 Å². The molecule has 1 aromatic heterocycles. The van der Waals surface area contributed by atoms with Gasteiger partial charge in [0.05, 0.1) is 12.6 Å². The number of nitrogens with zero attached hydrogens (tertiary/aromatic N) is 3. The number of benzene rings is 1. The molecule has 2 aromatic rings. The number of ether oxygens (including phenoxy) is 1. The third-order valence-corrected chi connectivity index (χ3v) is 3.78. The molecule has 1 heterocycles. The number of para-hydroxylation sites is 1. The third kappa shape index (κ3) is 3.89. The Morgan fingerprint density at radius 2 is 2.10 bits per heavy atom. The SMILES string of the molecule is COc1cccc2c1nc(CCCl)n2CCCCN(C)C. The molecule has 116 valence electrons. The topological polar surface area (TPSA) is 30.3 Å². The number of rotatable bonds is 8. The van der Waals surface area contributed by atoms with Gasteiger partial charge in [0, 0.05) is 18.8 Å². The van der Waals surface area contributed by atoms with E-state index in [1.807, 2.05) is 12.1 Å². The summed E-state index contributed by atoms with van der Waals surface area (Å²) in [7, 11) is 5.90. The van der Waals surface area contributed by atoms with Gasteiger partial charge in [-0.1, -0.05) is 6.07 Å². The first-order valence-corrected chi connectivity index (χ1v) is 7.93. The van der Waals surface area contributed by atoms with Crippen LogP contribution in [0.3, 0.4) is 0 Å². The van der Waals surface area contributed by atoms with Crippen molar-refractivity contribution in [3.8, 4) is 5.75 Å². The zero-order valence-corrected chi connectivity index (χ0v) is 13.9. The second kappa shape index (κ2) is 7.66.